The number of hydrogen-bond donors (Lipinski definition) is 0. The van der Waals surface area contributed by atoms with E-state index in [0.29, 0.717) is 0 Å². The first kappa shape index (κ1) is 12.5. The maximum absolute atomic E-state index is 11.4. The molecule has 1 saturated heterocycles. The number of nitrogens with zero attached hydrogens (tertiary/aromatic N) is 1. The highest BCUT2D eigenvalue weighted by Gasteiger charge is 2.32. The van der Waals surface area contributed by atoms with E-state index in [-0.39, 0.29) is 32.0 Å². The topological polar surface area (TPSA) is 72.9 Å². The van der Waals surface area contributed by atoms with Crippen molar-refractivity contribution in [3.63, 3.8) is 0 Å². The number of carbonyl (C=O) groups is 3. The third-order valence-corrected chi connectivity index (χ3v) is 2.14. The zero-order valence-corrected chi connectivity index (χ0v) is 9.39. The molecule has 0 radical (unpaired) electrons. The van der Waals surface area contributed by atoms with Gasteiger partial charge in [-0.25, -0.2) is 0 Å². The Labute approximate surface area is 93.5 Å². The standard InChI is InChI=1S/C10H15NO5/c1-3-15-10(14)6-11-5-8(4-9(11)13)16-7(2)12/h8H,3-6H2,1-2H3/t8-/m0/s1. The van der Waals surface area contributed by atoms with E-state index < -0.39 is 18.0 Å². The number of rotatable bonds is 4. The Morgan fingerprint density at radius 2 is 2.19 bits per heavy atom. The highest BCUT2D eigenvalue weighted by molar-refractivity contribution is 5.84. The monoisotopic (exact) mass is 229 g/mol. The van der Waals surface area contributed by atoms with E-state index in [1.54, 1.807) is 6.92 Å². The lowest BCUT2D eigenvalue weighted by Crippen LogP contribution is -2.33. The molecule has 0 bridgehead atoms. The van der Waals surface area contributed by atoms with Gasteiger partial charge >= 0.3 is 11.9 Å². The minimum absolute atomic E-state index is 0.0789. The van der Waals surface area contributed by atoms with Crippen molar-refractivity contribution >= 4 is 17.8 Å². The van der Waals surface area contributed by atoms with Crippen LogP contribution in [0, 0.1) is 0 Å². The molecule has 0 spiro atoms. The van der Waals surface area contributed by atoms with E-state index in [4.69, 9.17) is 9.47 Å². The van der Waals surface area contributed by atoms with Gasteiger partial charge in [0, 0.05) is 6.92 Å². The second-order valence-electron chi connectivity index (χ2n) is 3.51. The quantitative estimate of drug-likeness (QED) is 0.619. The molecule has 6 heteroatoms. The first-order valence-corrected chi connectivity index (χ1v) is 5.13. The average molecular weight is 229 g/mol. The van der Waals surface area contributed by atoms with Gasteiger partial charge in [-0.15, -0.1) is 0 Å². The number of carbonyl (C=O) groups excluding carboxylic acids is 3. The first-order chi connectivity index (χ1) is 7.52. The molecule has 0 aliphatic carbocycles. The van der Waals surface area contributed by atoms with Gasteiger partial charge in [0.2, 0.25) is 5.91 Å². The summed E-state index contributed by atoms with van der Waals surface area (Å²) < 4.78 is 9.63. The normalized spacial score (nSPS) is 19.8. The molecular weight excluding hydrogens is 214 g/mol. The van der Waals surface area contributed by atoms with E-state index in [9.17, 15) is 14.4 Å². The number of amides is 1. The summed E-state index contributed by atoms with van der Waals surface area (Å²) in [6.45, 7) is 3.46. The van der Waals surface area contributed by atoms with Gasteiger partial charge in [-0.3, -0.25) is 14.4 Å². The molecule has 1 aliphatic rings. The van der Waals surface area contributed by atoms with Crippen molar-refractivity contribution in [2.45, 2.75) is 26.4 Å². The lowest BCUT2D eigenvalue weighted by molar-refractivity contribution is -0.147. The molecule has 0 aromatic carbocycles. The predicted molar refractivity (Wildman–Crippen MR) is 53.4 cm³/mol. The fourth-order valence-corrected chi connectivity index (χ4v) is 1.56. The molecular formula is C10H15NO5. The van der Waals surface area contributed by atoms with Crippen molar-refractivity contribution in [3.05, 3.63) is 0 Å². The first-order valence-electron chi connectivity index (χ1n) is 5.13. The number of likely N-dealkylation sites (tertiary alicyclic amines) is 1. The highest BCUT2D eigenvalue weighted by Crippen LogP contribution is 2.14. The zero-order chi connectivity index (χ0) is 12.1. The second-order valence-corrected chi connectivity index (χ2v) is 3.51. The van der Waals surface area contributed by atoms with Crippen LogP contribution in [0.1, 0.15) is 20.3 Å². The van der Waals surface area contributed by atoms with Crippen LogP contribution < -0.4 is 0 Å². The van der Waals surface area contributed by atoms with Crippen molar-refractivity contribution < 1.29 is 23.9 Å². The molecule has 16 heavy (non-hydrogen) atoms. The zero-order valence-electron chi connectivity index (χ0n) is 9.39. The molecule has 0 N–H and O–H groups in total. The van der Waals surface area contributed by atoms with Crippen LogP contribution in [0.3, 0.4) is 0 Å². The van der Waals surface area contributed by atoms with Gasteiger partial charge in [0.1, 0.15) is 12.6 Å². The Hall–Kier alpha value is -1.59. The second kappa shape index (κ2) is 5.48. The minimum Gasteiger partial charge on any atom is -0.465 e. The molecule has 1 rings (SSSR count). The van der Waals surface area contributed by atoms with E-state index >= 15 is 0 Å². The van der Waals surface area contributed by atoms with Crippen LogP contribution in [-0.4, -0.2) is 48.5 Å². The highest BCUT2D eigenvalue weighted by atomic mass is 16.5. The van der Waals surface area contributed by atoms with Crippen LogP contribution in [0.15, 0.2) is 0 Å². The van der Waals surface area contributed by atoms with Gasteiger partial charge in [-0.05, 0) is 6.92 Å². The summed E-state index contributed by atoms with van der Waals surface area (Å²) in [5.41, 5.74) is 0. The Morgan fingerprint density at radius 1 is 1.50 bits per heavy atom. The summed E-state index contributed by atoms with van der Waals surface area (Å²) in [6, 6.07) is 0. The van der Waals surface area contributed by atoms with E-state index in [1.807, 2.05) is 0 Å². The van der Waals surface area contributed by atoms with Crippen molar-refractivity contribution in [2.24, 2.45) is 0 Å². The van der Waals surface area contributed by atoms with Gasteiger partial charge in [-0.1, -0.05) is 0 Å². The molecule has 1 aliphatic heterocycles. The third kappa shape index (κ3) is 3.52. The molecule has 0 aromatic rings. The van der Waals surface area contributed by atoms with Gasteiger partial charge < -0.3 is 14.4 Å². The number of esters is 2. The van der Waals surface area contributed by atoms with Crippen LogP contribution in [0.25, 0.3) is 0 Å². The summed E-state index contributed by atoms with van der Waals surface area (Å²) >= 11 is 0. The molecule has 0 unspecified atom stereocenters. The lowest BCUT2D eigenvalue weighted by Gasteiger charge is -2.15. The van der Waals surface area contributed by atoms with Crippen molar-refractivity contribution in [1.82, 2.24) is 4.90 Å². The Bertz CT molecular complexity index is 302. The van der Waals surface area contributed by atoms with Crippen molar-refractivity contribution in [3.8, 4) is 0 Å². The van der Waals surface area contributed by atoms with Crippen LogP contribution >= 0.6 is 0 Å². The summed E-state index contributed by atoms with van der Waals surface area (Å²) in [5, 5.41) is 0. The summed E-state index contributed by atoms with van der Waals surface area (Å²) in [5.74, 6) is -1.06. The maximum atomic E-state index is 11.4. The smallest absolute Gasteiger partial charge is 0.325 e. The maximum Gasteiger partial charge on any atom is 0.325 e. The van der Waals surface area contributed by atoms with Crippen molar-refractivity contribution in [1.29, 1.82) is 0 Å². The summed E-state index contributed by atoms with van der Waals surface area (Å²) in [7, 11) is 0. The van der Waals surface area contributed by atoms with Gasteiger partial charge in [0.15, 0.2) is 0 Å². The van der Waals surface area contributed by atoms with Gasteiger partial charge in [0.05, 0.1) is 19.6 Å². The largest absolute Gasteiger partial charge is 0.465 e. The van der Waals surface area contributed by atoms with Crippen molar-refractivity contribution in [2.75, 3.05) is 19.7 Å². The minimum atomic E-state index is -0.445. The van der Waals surface area contributed by atoms with E-state index in [2.05, 4.69) is 0 Å². The molecule has 6 nitrogen and oxygen atoms in total. The number of ether oxygens (including phenoxy) is 2. The molecule has 1 amide bonds. The average Bonchev–Trinajstić information content (AvgIpc) is 2.45. The Balaban J connectivity index is 2.42. The summed E-state index contributed by atoms with van der Waals surface area (Å²) in [6.07, 6.45) is -0.307. The third-order valence-electron chi connectivity index (χ3n) is 2.14. The van der Waals surface area contributed by atoms with Crippen LogP contribution in [0.2, 0.25) is 0 Å². The van der Waals surface area contributed by atoms with Gasteiger partial charge in [0.25, 0.3) is 0 Å². The number of hydrogen-bond acceptors (Lipinski definition) is 5. The van der Waals surface area contributed by atoms with E-state index in [1.165, 1.54) is 11.8 Å². The lowest BCUT2D eigenvalue weighted by atomic mass is 10.3. The van der Waals surface area contributed by atoms with Crippen LogP contribution in [0.5, 0.6) is 0 Å². The Morgan fingerprint density at radius 3 is 2.75 bits per heavy atom. The SMILES string of the molecule is CCOC(=O)CN1C[C@@H](OC(C)=O)CC1=O. The van der Waals surface area contributed by atoms with Crippen LogP contribution in [-0.2, 0) is 23.9 Å². The fourth-order valence-electron chi connectivity index (χ4n) is 1.56. The van der Waals surface area contributed by atoms with Crippen LogP contribution in [0.4, 0.5) is 0 Å². The van der Waals surface area contributed by atoms with E-state index in [0.717, 1.165) is 0 Å². The molecule has 0 saturated carbocycles. The molecule has 1 atom stereocenters. The molecule has 0 aromatic heterocycles. The molecule has 1 heterocycles. The fraction of sp³-hybridized carbons (Fsp3) is 0.700. The Kier molecular flexibility index (Phi) is 4.28. The summed E-state index contributed by atoms with van der Waals surface area (Å²) in [4.78, 5) is 34.6. The van der Waals surface area contributed by atoms with Gasteiger partial charge in [-0.2, -0.15) is 0 Å². The molecule has 90 valence electrons. The molecule has 1 fully saturated rings. The predicted octanol–water partition coefficient (Wildman–Crippen LogP) is -0.286.